The Morgan fingerprint density at radius 1 is 0.963 bits per heavy atom. The van der Waals surface area contributed by atoms with Gasteiger partial charge in [-0.15, -0.1) is 17.4 Å². The molecule has 2 rings (SSSR count). The maximum Gasteiger partial charge on any atom is 0.370 e. The first-order valence-electron chi connectivity index (χ1n) is 7.86. The summed E-state index contributed by atoms with van der Waals surface area (Å²) < 4.78 is 13.9. The van der Waals surface area contributed by atoms with E-state index < -0.39 is 17.3 Å². The van der Waals surface area contributed by atoms with Crippen LogP contribution in [0.25, 0.3) is 0 Å². The summed E-state index contributed by atoms with van der Waals surface area (Å²) in [7, 11) is 0. The molecule has 148 valence electrons. The monoisotopic (exact) mass is 434 g/mol. The highest BCUT2D eigenvalue weighted by Crippen LogP contribution is 2.09. The SMILES string of the molecule is Cc1ccc(C(=O)[NH+](N(Cl)C(=O)c2ccc(F)cc2)C(C)(C)C)cc1.Cl.[Cl-]. The highest BCUT2D eigenvalue weighted by Gasteiger charge is 2.41. The highest BCUT2D eigenvalue weighted by molar-refractivity contribution is 6.23. The molecule has 0 aliphatic rings. The van der Waals surface area contributed by atoms with E-state index in [9.17, 15) is 14.0 Å². The molecule has 2 amide bonds. The van der Waals surface area contributed by atoms with Gasteiger partial charge in [0.25, 0.3) is 0 Å². The molecule has 0 aliphatic heterocycles. The third kappa shape index (κ3) is 6.18. The first-order valence-corrected chi connectivity index (χ1v) is 8.19. The van der Waals surface area contributed by atoms with E-state index in [4.69, 9.17) is 11.8 Å². The number of aryl methyl sites for hydroxylation is 1. The summed E-state index contributed by atoms with van der Waals surface area (Å²) in [5.74, 6) is -1.35. The molecule has 0 fully saturated rings. The molecule has 1 unspecified atom stereocenters. The fourth-order valence-corrected chi connectivity index (χ4v) is 2.80. The Bertz CT molecular complexity index is 775. The van der Waals surface area contributed by atoms with E-state index >= 15 is 0 Å². The predicted octanol–water partition coefficient (Wildman–Crippen LogP) is 0.595. The lowest BCUT2D eigenvalue weighted by Gasteiger charge is -2.33. The number of nitrogens with one attached hydrogen (secondary N) is 1. The van der Waals surface area contributed by atoms with Crippen molar-refractivity contribution in [3.63, 3.8) is 0 Å². The topological polar surface area (TPSA) is 41.8 Å². The second-order valence-electron chi connectivity index (χ2n) is 6.89. The third-order valence-electron chi connectivity index (χ3n) is 3.71. The van der Waals surface area contributed by atoms with Gasteiger partial charge >= 0.3 is 11.8 Å². The zero-order valence-electron chi connectivity index (χ0n) is 15.4. The Morgan fingerprint density at radius 3 is 1.85 bits per heavy atom. The third-order valence-corrected chi connectivity index (χ3v) is 4.03. The van der Waals surface area contributed by atoms with Gasteiger partial charge in [0, 0.05) is 5.56 Å². The van der Waals surface area contributed by atoms with Crippen LogP contribution in [0.4, 0.5) is 4.39 Å². The molecule has 0 heterocycles. The Balaban J connectivity index is 0.00000338. The van der Waals surface area contributed by atoms with Gasteiger partial charge in [-0.1, -0.05) is 22.2 Å². The van der Waals surface area contributed by atoms with Crippen molar-refractivity contribution in [1.29, 1.82) is 0 Å². The smallest absolute Gasteiger partial charge is 0.370 e. The van der Waals surface area contributed by atoms with Gasteiger partial charge in [-0.05, 0) is 64.1 Å². The normalized spacial score (nSPS) is 11.6. The van der Waals surface area contributed by atoms with Gasteiger partial charge in [-0.25, -0.2) is 9.18 Å². The van der Waals surface area contributed by atoms with Crippen LogP contribution in [0.15, 0.2) is 48.5 Å². The van der Waals surface area contributed by atoms with Gasteiger partial charge in [0.2, 0.25) is 0 Å². The number of amides is 2. The number of rotatable bonds is 2. The molecule has 27 heavy (non-hydrogen) atoms. The number of benzene rings is 2. The van der Waals surface area contributed by atoms with Crippen LogP contribution in [0.2, 0.25) is 0 Å². The highest BCUT2D eigenvalue weighted by atomic mass is 35.5. The molecule has 2 aromatic rings. The number of hydrogen-bond acceptors (Lipinski definition) is 2. The van der Waals surface area contributed by atoms with Crippen LogP contribution in [-0.4, -0.2) is 21.9 Å². The number of carbonyl (C=O) groups is 2. The Kier molecular flexibility index (Phi) is 9.42. The second kappa shape index (κ2) is 10.0. The zero-order chi connectivity index (χ0) is 18.8. The van der Waals surface area contributed by atoms with Crippen molar-refractivity contribution >= 4 is 36.0 Å². The molecule has 0 radical (unpaired) electrons. The van der Waals surface area contributed by atoms with Crippen molar-refractivity contribution in [3.05, 3.63) is 71.0 Å². The summed E-state index contributed by atoms with van der Waals surface area (Å²) in [4.78, 5) is 25.6. The minimum absolute atomic E-state index is 0. The molecule has 4 nitrogen and oxygen atoms in total. The molecule has 0 bridgehead atoms. The number of hydrogen-bond donors (Lipinski definition) is 1. The lowest BCUT2D eigenvalue weighted by atomic mass is 10.1. The summed E-state index contributed by atoms with van der Waals surface area (Å²) >= 11 is 6.26. The number of halogens is 4. The fourth-order valence-electron chi connectivity index (χ4n) is 2.37. The largest absolute Gasteiger partial charge is 1.00 e. The van der Waals surface area contributed by atoms with Crippen LogP contribution >= 0.6 is 24.2 Å². The molecule has 0 saturated carbocycles. The molecule has 0 saturated heterocycles. The van der Waals surface area contributed by atoms with Gasteiger partial charge in [0.1, 0.15) is 11.4 Å². The van der Waals surface area contributed by atoms with Crippen molar-refractivity contribution in [2.45, 2.75) is 33.2 Å². The minimum atomic E-state index is -0.667. The number of quaternary nitrogens is 1. The van der Waals surface area contributed by atoms with E-state index in [1.54, 1.807) is 12.1 Å². The van der Waals surface area contributed by atoms with Crippen molar-refractivity contribution in [2.24, 2.45) is 0 Å². The van der Waals surface area contributed by atoms with Crippen molar-refractivity contribution in [3.8, 4) is 0 Å². The van der Waals surface area contributed by atoms with Gasteiger partial charge in [0.05, 0.1) is 17.3 Å². The molecule has 0 aliphatic carbocycles. The van der Waals surface area contributed by atoms with E-state index in [-0.39, 0.29) is 41.3 Å². The van der Waals surface area contributed by atoms with Gasteiger partial charge in [0.15, 0.2) is 0 Å². The molecule has 0 aromatic heterocycles. The fraction of sp³-hybridized carbons (Fsp3) is 0.263. The van der Waals surface area contributed by atoms with Crippen LogP contribution in [0.1, 0.15) is 47.1 Å². The average molecular weight is 436 g/mol. The molecular formula is C19H22Cl3FN2O2. The van der Waals surface area contributed by atoms with Crippen LogP contribution in [-0.2, 0) is 0 Å². The summed E-state index contributed by atoms with van der Waals surface area (Å²) in [6.45, 7) is 7.35. The van der Waals surface area contributed by atoms with Gasteiger partial charge in [-0.3, -0.25) is 4.79 Å². The molecule has 2 aromatic carbocycles. The number of carbonyl (C=O) groups excluding carboxylic acids is 2. The van der Waals surface area contributed by atoms with E-state index in [1.807, 2.05) is 39.8 Å². The van der Waals surface area contributed by atoms with E-state index in [0.717, 1.165) is 10.1 Å². The van der Waals surface area contributed by atoms with Gasteiger partial charge < -0.3 is 12.4 Å². The first kappa shape index (κ1) is 25.3. The van der Waals surface area contributed by atoms with Crippen molar-refractivity contribution in [1.82, 2.24) is 4.53 Å². The predicted molar refractivity (Wildman–Crippen MR) is 102 cm³/mol. The van der Waals surface area contributed by atoms with Crippen LogP contribution in [0.5, 0.6) is 0 Å². The Hall–Kier alpha value is -1.66. The minimum Gasteiger partial charge on any atom is -1.00 e. The van der Waals surface area contributed by atoms with Crippen molar-refractivity contribution < 1.29 is 31.4 Å². The Labute approximate surface area is 176 Å². The zero-order valence-corrected chi connectivity index (χ0v) is 17.8. The first-order chi connectivity index (χ1) is 11.6. The van der Waals surface area contributed by atoms with E-state index in [0.29, 0.717) is 5.56 Å². The van der Waals surface area contributed by atoms with Crippen molar-refractivity contribution in [2.75, 3.05) is 0 Å². The summed E-state index contributed by atoms with van der Waals surface area (Å²) in [5.41, 5.74) is 1.02. The maximum atomic E-state index is 13.1. The summed E-state index contributed by atoms with van der Waals surface area (Å²) in [5, 5.41) is 0.160. The second-order valence-corrected chi connectivity index (χ2v) is 7.22. The average Bonchev–Trinajstić information content (AvgIpc) is 2.54. The quantitative estimate of drug-likeness (QED) is 0.554. The lowest BCUT2D eigenvalue weighted by Crippen LogP contribution is -3.25. The molecular weight excluding hydrogens is 414 g/mol. The van der Waals surface area contributed by atoms with Crippen LogP contribution < -0.4 is 17.4 Å². The standard InChI is InChI=1S/C19H20ClFN2O2.2ClH/c1-13-5-7-14(8-6-13)17(24)22(19(2,3)4)23(20)18(25)15-9-11-16(21)12-10-15;;/h5-12H,1-4H3;2*1H. The molecule has 1 N–H and O–H groups in total. The number of nitrogens with zero attached hydrogens (tertiary/aromatic N) is 1. The summed E-state index contributed by atoms with van der Waals surface area (Å²) in [6.07, 6.45) is 0. The Morgan fingerprint density at radius 2 is 1.41 bits per heavy atom. The van der Waals surface area contributed by atoms with Gasteiger partial charge in [-0.2, -0.15) is 0 Å². The van der Waals surface area contributed by atoms with Crippen LogP contribution in [0.3, 0.4) is 0 Å². The maximum absolute atomic E-state index is 13.1. The van der Waals surface area contributed by atoms with E-state index in [1.165, 1.54) is 24.3 Å². The van der Waals surface area contributed by atoms with E-state index in [2.05, 4.69) is 0 Å². The molecule has 1 atom stereocenters. The molecule has 0 spiro atoms. The lowest BCUT2D eigenvalue weighted by molar-refractivity contribution is -0.951. The molecule has 8 heteroatoms. The summed E-state index contributed by atoms with van der Waals surface area (Å²) in [6, 6.07) is 12.1. The van der Waals surface area contributed by atoms with Crippen LogP contribution in [0, 0.1) is 12.7 Å².